The van der Waals surface area contributed by atoms with Crippen LogP contribution in [0.2, 0.25) is 0 Å². The lowest BCUT2D eigenvalue weighted by molar-refractivity contribution is 0.481. The predicted molar refractivity (Wildman–Crippen MR) is 193 cm³/mol. The van der Waals surface area contributed by atoms with Crippen molar-refractivity contribution in [1.29, 1.82) is 0 Å². The number of hydrogen-bond donors (Lipinski definition) is 0. The van der Waals surface area contributed by atoms with Crippen LogP contribution in [-0.4, -0.2) is 6.71 Å². The van der Waals surface area contributed by atoms with Crippen molar-refractivity contribution in [2.24, 2.45) is 0 Å². The molecule has 2 aliphatic heterocycles. The van der Waals surface area contributed by atoms with E-state index in [9.17, 15) is 0 Å². The quantitative estimate of drug-likeness (QED) is 0.174. The second-order valence-corrected chi connectivity index (χ2v) is 16.1. The molecule has 8 rings (SSSR count). The summed E-state index contributed by atoms with van der Waals surface area (Å²) in [4.78, 5) is 2.17. The molecule has 232 valence electrons. The molecule has 0 bridgehead atoms. The van der Waals surface area contributed by atoms with Crippen molar-refractivity contribution in [3.05, 3.63) is 95.1 Å². The van der Waals surface area contributed by atoms with Crippen molar-refractivity contribution < 1.29 is 17.7 Å². The maximum absolute atomic E-state index is 8.51. The first-order valence-corrected chi connectivity index (χ1v) is 16.2. The number of rotatable bonds is 1. The van der Waals surface area contributed by atoms with Gasteiger partial charge in [0.2, 0.25) is 0 Å². The van der Waals surface area contributed by atoms with Gasteiger partial charge in [0.15, 0.2) is 5.75 Å². The molecule has 0 atom stereocenters. The highest BCUT2D eigenvalue weighted by Gasteiger charge is 2.49. The fourth-order valence-corrected chi connectivity index (χ4v) is 7.01. The van der Waals surface area contributed by atoms with E-state index in [0.29, 0.717) is 17.2 Å². The molecule has 0 fully saturated rings. The van der Waals surface area contributed by atoms with Gasteiger partial charge in [0, 0.05) is 26.3 Å². The van der Waals surface area contributed by atoms with Gasteiger partial charge in [-0.3, -0.25) is 0 Å². The largest absolute Gasteiger partial charge is 0.468 e. The lowest BCUT2D eigenvalue weighted by Crippen LogP contribution is -2.58. The molecule has 2 aliphatic rings. The van der Waals surface area contributed by atoms with E-state index in [2.05, 4.69) is 122 Å². The molecule has 6 aromatic rings. The molecular formula is C41H42BNO3. The summed E-state index contributed by atoms with van der Waals surface area (Å²) in [5.74, 6) is 1.11. The minimum atomic E-state index is -2.36. The Kier molecular flexibility index (Phi) is 5.24. The van der Waals surface area contributed by atoms with E-state index in [1.165, 1.54) is 11.1 Å². The molecule has 0 aliphatic carbocycles. The average Bonchev–Trinajstić information content (AvgIpc) is 3.57. The monoisotopic (exact) mass is 610 g/mol. The Morgan fingerprint density at radius 2 is 1.20 bits per heavy atom. The Morgan fingerprint density at radius 3 is 1.80 bits per heavy atom. The van der Waals surface area contributed by atoms with Crippen molar-refractivity contribution in [3.63, 3.8) is 0 Å². The highest BCUT2D eigenvalue weighted by Crippen LogP contribution is 2.47. The summed E-state index contributed by atoms with van der Waals surface area (Å²) in [5.41, 5.74) is 9.82. The third-order valence-corrected chi connectivity index (χ3v) is 9.69. The van der Waals surface area contributed by atoms with E-state index in [1.807, 2.05) is 6.07 Å². The second kappa shape index (κ2) is 9.34. The average molecular weight is 611 g/mol. The van der Waals surface area contributed by atoms with Crippen LogP contribution in [0.5, 0.6) is 11.5 Å². The number of ether oxygens (including phenoxy) is 1. The van der Waals surface area contributed by atoms with Gasteiger partial charge in [-0.15, -0.1) is 0 Å². The zero-order valence-corrected chi connectivity index (χ0v) is 28.2. The zero-order valence-electron chi connectivity index (χ0n) is 31.2. The smallest absolute Gasteiger partial charge is 0.346 e. The molecule has 0 N–H and O–H groups in total. The van der Waals surface area contributed by atoms with Gasteiger partial charge in [-0.05, 0) is 93.9 Å². The molecule has 0 saturated carbocycles. The summed E-state index contributed by atoms with van der Waals surface area (Å²) >= 11 is 0. The van der Waals surface area contributed by atoms with E-state index in [-0.39, 0.29) is 21.8 Å². The van der Waals surface area contributed by atoms with Crippen molar-refractivity contribution in [2.45, 2.75) is 85.4 Å². The third-order valence-electron chi connectivity index (χ3n) is 9.69. The van der Waals surface area contributed by atoms with Crippen molar-refractivity contribution in [1.82, 2.24) is 0 Å². The van der Waals surface area contributed by atoms with Crippen LogP contribution in [-0.2, 0) is 16.2 Å². The van der Waals surface area contributed by atoms with Gasteiger partial charge < -0.3 is 18.5 Å². The second-order valence-electron chi connectivity index (χ2n) is 16.1. The Bertz CT molecular complexity index is 2310. The zero-order chi connectivity index (χ0) is 35.0. The van der Waals surface area contributed by atoms with Crippen LogP contribution in [0.3, 0.4) is 0 Å². The van der Waals surface area contributed by atoms with Gasteiger partial charge >= 0.3 is 6.71 Å². The number of furan rings is 2. The molecular weight excluding hydrogens is 565 g/mol. The summed E-state index contributed by atoms with van der Waals surface area (Å²) in [5, 5.41) is 1.83. The van der Waals surface area contributed by atoms with Crippen LogP contribution in [0.1, 0.15) is 88.7 Å². The molecule has 0 radical (unpaired) electrons. The molecule has 46 heavy (non-hydrogen) atoms. The highest BCUT2D eigenvalue weighted by molar-refractivity contribution is 6.98. The van der Waals surface area contributed by atoms with Crippen molar-refractivity contribution in [2.75, 3.05) is 4.90 Å². The summed E-state index contributed by atoms with van der Waals surface area (Å²) in [6.07, 6.45) is 0. The van der Waals surface area contributed by atoms with Crippen LogP contribution in [0.15, 0.2) is 81.6 Å². The number of hydrogen-bond acceptors (Lipinski definition) is 4. The molecule has 0 spiro atoms. The van der Waals surface area contributed by atoms with E-state index in [1.54, 1.807) is 12.1 Å². The van der Waals surface area contributed by atoms with Crippen LogP contribution >= 0.6 is 0 Å². The first kappa shape index (κ1) is 25.8. The lowest BCUT2D eigenvalue weighted by Gasteiger charge is -2.36. The maximum atomic E-state index is 8.51. The lowest BCUT2D eigenvalue weighted by atomic mass is 9.38. The number of nitrogens with zero attached hydrogens (tertiary/aromatic N) is 1. The predicted octanol–water partition coefficient (Wildman–Crippen LogP) is 9.79. The van der Waals surface area contributed by atoms with Gasteiger partial charge in [0.25, 0.3) is 0 Å². The SMILES string of the molecule is [2H]C([2H])([2H])c1cc2c3c(c1)N(c1ccc(C(C)(C)C)cc1)c1c(oc4ccc(C(C)(C)C)cc14)B3c1oc3ccc(C(C)(C)C)cc3c1O2. The molecule has 5 heteroatoms. The van der Waals surface area contributed by atoms with E-state index in [4.69, 9.17) is 17.7 Å². The number of aryl methyl sites for hydroxylation is 1. The van der Waals surface area contributed by atoms with Crippen LogP contribution in [0.4, 0.5) is 17.1 Å². The fraction of sp³-hybridized carbons (Fsp3) is 0.317. The number of fused-ring (bicyclic) bond motifs is 8. The van der Waals surface area contributed by atoms with Crippen LogP contribution in [0.25, 0.3) is 21.9 Å². The molecule has 4 heterocycles. The fourth-order valence-electron chi connectivity index (χ4n) is 7.01. The first-order valence-electron chi connectivity index (χ1n) is 17.7. The van der Waals surface area contributed by atoms with Crippen molar-refractivity contribution >= 4 is 62.5 Å². The van der Waals surface area contributed by atoms with E-state index < -0.39 is 13.6 Å². The number of benzene rings is 4. The number of anilines is 3. The highest BCUT2D eigenvalue weighted by atomic mass is 16.5. The minimum absolute atomic E-state index is 0.0284. The van der Waals surface area contributed by atoms with Gasteiger partial charge in [0.05, 0.1) is 11.1 Å². The third kappa shape index (κ3) is 4.27. The molecule has 0 amide bonds. The normalized spacial score (nSPS) is 15.6. The molecule has 4 aromatic carbocycles. The Morgan fingerprint density at radius 1 is 0.630 bits per heavy atom. The summed E-state index contributed by atoms with van der Waals surface area (Å²) in [6.45, 7) is 17.0. The first-order chi connectivity index (χ1) is 22.8. The van der Waals surface area contributed by atoms with Gasteiger partial charge in [-0.25, -0.2) is 0 Å². The van der Waals surface area contributed by atoms with Gasteiger partial charge in [0.1, 0.15) is 28.2 Å². The Balaban J connectivity index is 1.48. The van der Waals surface area contributed by atoms with Crippen LogP contribution in [0, 0.1) is 6.85 Å². The molecule has 2 aromatic heterocycles. The topological polar surface area (TPSA) is 38.8 Å². The van der Waals surface area contributed by atoms with Gasteiger partial charge in [-0.1, -0.05) is 86.6 Å². The minimum Gasteiger partial charge on any atom is -0.468 e. The van der Waals surface area contributed by atoms with Gasteiger partial charge in [-0.2, -0.15) is 0 Å². The summed E-state index contributed by atoms with van der Waals surface area (Å²) in [7, 11) is 0. The Labute approximate surface area is 276 Å². The summed E-state index contributed by atoms with van der Waals surface area (Å²) < 4.78 is 45.9. The molecule has 0 unspecified atom stereocenters. The molecule has 4 nitrogen and oxygen atoms in total. The summed E-state index contributed by atoms with van der Waals surface area (Å²) in [6, 6.07) is 24.7. The van der Waals surface area contributed by atoms with E-state index >= 15 is 0 Å². The Hall–Kier alpha value is -4.38. The van der Waals surface area contributed by atoms with E-state index in [0.717, 1.165) is 55.7 Å². The molecule has 0 saturated heterocycles. The van der Waals surface area contributed by atoms with Crippen molar-refractivity contribution in [3.8, 4) is 11.5 Å². The van der Waals surface area contributed by atoms with Crippen LogP contribution < -0.4 is 26.4 Å². The standard InChI is InChI=1S/C41H42BNO3/c1-23-19-30-34-33(20-23)44-36-29-22-26(41(8,9)10)14-18-32(29)46-38(36)42(34)37-35(28-21-25(40(5,6)7)13-17-31(28)45-37)43(30)27-15-11-24(12-16-27)39(2,3)4/h11-22H,1-10H3/i1D3. The maximum Gasteiger partial charge on any atom is 0.346 e.